The molecular formula is C21H26ClN3O6S. The van der Waals surface area contributed by atoms with Crippen LogP contribution in [0.3, 0.4) is 0 Å². The van der Waals surface area contributed by atoms with Crippen molar-refractivity contribution in [2.24, 2.45) is 0 Å². The molecule has 32 heavy (non-hydrogen) atoms. The van der Waals surface area contributed by atoms with Crippen molar-refractivity contribution in [1.82, 2.24) is 9.62 Å². The van der Waals surface area contributed by atoms with Crippen LogP contribution < -0.4 is 19.5 Å². The summed E-state index contributed by atoms with van der Waals surface area (Å²) in [7, 11) is 2.14. The van der Waals surface area contributed by atoms with Gasteiger partial charge in [0.05, 0.1) is 41.0 Å². The number of ether oxygens (including phenoxy) is 2. The molecule has 0 aromatic heterocycles. The Morgan fingerprint density at radius 1 is 1.00 bits per heavy atom. The molecule has 0 bridgehead atoms. The van der Waals surface area contributed by atoms with E-state index >= 15 is 0 Å². The minimum absolute atomic E-state index is 0.0481. The lowest BCUT2D eigenvalue weighted by Gasteiger charge is -2.18. The summed E-state index contributed by atoms with van der Waals surface area (Å²) in [5, 5.41) is 2.68. The van der Waals surface area contributed by atoms with E-state index in [-0.39, 0.29) is 38.7 Å². The topological polar surface area (TPSA) is 114 Å². The van der Waals surface area contributed by atoms with Crippen molar-refractivity contribution >= 4 is 39.1 Å². The second kappa shape index (κ2) is 10.2. The van der Waals surface area contributed by atoms with E-state index in [2.05, 4.69) is 10.0 Å². The Bertz CT molecular complexity index is 1130. The summed E-state index contributed by atoms with van der Waals surface area (Å²) in [4.78, 5) is 26.9. The van der Waals surface area contributed by atoms with Crippen molar-refractivity contribution in [3.05, 3.63) is 46.5 Å². The van der Waals surface area contributed by atoms with Crippen LogP contribution in [0.25, 0.3) is 0 Å². The van der Waals surface area contributed by atoms with E-state index in [9.17, 15) is 18.0 Å². The molecule has 0 saturated carbocycles. The molecule has 0 aliphatic heterocycles. The van der Waals surface area contributed by atoms with Crippen LogP contribution in [-0.2, 0) is 10.0 Å². The third kappa shape index (κ3) is 5.70. The molecular weight excluding hydrogens is 458 g/mol. The van der Waals surface area contributed by atoms with Crippen LogP contribution in [0.4, 0.5) is 5.69 Å². The zero-order chi connectivity index (χ0) is 24.2. The van der Waals surface area contributed by atoms with Crippen molar-refractivity contribution in [3.63, 3.8) is 0 Å². The average Bonchev–Trinajstić information content (AvgIpc) is 2.71. The summed E-state index contributed by atoms with van der Waals surface area (Å²) in [6.07, 6.45) is 0. The Morgan fingerprint density at radius 2 is 1.59 bits per heavy atom. The quantitative estimate of drug-likeness (QED) is 0.596. The lowest BCUT2D eigenvalue weighted by Crippen LogP contribution is -2.30. The molecule has 2 amide bonds. The van der Waals surface area contributed by atoms with E-state index in [1.54, 1.807) is 27.9 Å². The molecule has 11 heteroatoms. The molecule has 2 aromatic rings. The zero-order valence-corrected chi connectivity index (χ0v) is 20.2. The van der Waals surface area contributed by atoms with Crippen LogP contribution in [0.1, 0.15) is 34.6 Å². The SMILES string of the molecule is COc1cc(NC(=O)c2cc(S(=O)(=O)NC(C)C)ccc2Cl)c(C(=O)N(C)C)cc1OC. The Labute approximate surface area is 192 Å². The minimum atomic E-state index is -3.84. The summed E-state index contributed by atoms with van der Waals surface area (Å²) < 4.78 is 38.0. The van der Waals surface area contributed by atoms with Gasteiger partial charge in [-0.2, -0.15) is 0 Å². The van der Waals surface area contributed by atoms with Gasteiger partial charge in [0.15, 0.2) is 11.5 Å². The first-order chi connectivity index (χ1) is 14.9. The number of nitrogens with one attached hydrogen (secondary N) is 2. The summed E-state index contributed by atoms with van der Waals surface area (Å²) in [5.41, 5.74) is 0.231. The fourth-order valence-electron chi connectivity index (χ4n) is 2.81. The first kappa shape index (κ1) is 25.4. The normalized spacial score (nSPS) is 11.2. The number of methoxy groups -OCH3 is 2. The molecule has 0 fully saturated rings. The maximum atomic E-state index is 13.0. The molecule has 0 atom stereocenters. The van der Waals surface area contributed by atoms with Gasteiger partial charge in [-0.25, -0.2) is 13.1 Å². The predicted octanol–water partition coefficient (Wildman–Crippen LogP) is 3.00. The first-order valence-corrected chi connectivity index (χ1v) is 11.4. The van der Waals surface area contributed by atoms with Crippen molar-refractivity contribution in [3.8, 4) is 11.5 Å². The highest BCUT2D eigenvalue weighted by Gasteiger charge is 2.23. The summed E-state index contributed by atoms with van der Waals surface area (Å²) in [6.45, 7) is 3.36. The van der Waals surface area contributed by atoms with E-state index in [0.29, 0.717) is 11.5 Å². The molecule has 2 N–H and O–H groups in total. The fourth-order valence-corrected chi connectivity index (χ4v) is 4.29. The Kier molecular flexibility index (Phi) is 8.11. The molecule has 0 aliphatic carbocycles. The van der Waals surface area contributed by atoms with Crippen LogP contribution in [0, 0.1) is 0 Å². The van der Waals surface area contributed by atoms with Gasteiger partial charge >= 0.3 is 0 Å². The number of hydrogen-bond acceptors (Lipinski definition) is 6. The zero-order valence-electron chi connectivity index (χ0n) is 18.6. The van der Waals surface area contributed by atoms with Gasteiger partial charge in [-0.15, -0.1) is 0 Å². The molecule has 0 aliphatic rings. The lowest BCUT2D eigenvalue weighted by atomic mass is 10.1. The fraction of sp³-hybridized carbons (Fsp3) is 0.333. The molecule has 0 radical (unpaired) electrons. The maximum Gasteiger partial charge on any atom is 0.257 e. The van der Waals surface area contributed by atoms with Gasteiger partial charge < -0.3 is 19.7 Å². The van der Waals surface area contributed by atoms with E-state index in [1.807, 2.05) is 0 Å². The lowest BCUT2D eigenvalue weighted by molar-refractivity contribution is 0.0828. The molecule has 0 spiro atoms. The molecule has 0 saturated heterocycles. The smallest absolute Gasteiger partial charge is 0.257 e. The van der Waals surface area contributed by atoms with Gasteiger partial charge in [0, 0.05) is 26.2 Å². The summed E-state index contributed by atoms with van der Waals surface area (Å²) in [6, 6.07) is 6.37. The maximum absolute atomic E-state index is 13.0. The molecule has 2 aromatic carbocycles. The minimum Gasteiger partial charge on any atom is -0.493 e. The van der Waals surface area contributed by atoms with Gasteiger partial charge in [0.25, 0.3) is 11.8 Å². The number of anilines is 1. The van der Waals surface area contributed by atoms with Crippen LogP contribution in [0.15, 0.2) is 35.2 Å². The predicted molar refractivity (Wildman–Crippen MR) is 122 cm³/mol. The Balaban J connectivity index is 2.53. The van der Waals surface area contributed by atoms with Gasteiger partial charge in [-0.05, 0) is 38.1 Å². The van der Waals surface area contributed by atoms with E-state index in [0.717, 1.165) is 0 Å². The van der Waals surface area contributed by atoms with Crippen molar-refractivity contribution in [2.75, 3.05) is 33.6 Å². The second-order valence-electron chi connectivity index (χ2n) is 7.32. The van der Waals surface area contributed by atoms with E-state index in [1.165, 1.54) is 49.5 Å². The largest absolute Gasteiger partial charge is 0.493 e. The number of carbonyl (C=O) groups is 2. The molecule has 2 rings (SSSR count). The summed E-state index contributed by atoms with van der Waals surface area (Å²) >= 11 is 6.18. The Hall–Kier alpha value is -2.82. The number of amides is 2. The van der Waals surface area contributed by atoms with Crippen molar-refractivity contribution in [1.29, 1.82) is 0 Å². The monoisotopic (exact) mass is 483 g/mol. The van der Waals surface area contributed by atoms with E-state index < -0.39 is 15.9 Å². The third-order valence-electron chi connectivity index (χ3n) is 4.29. The Morgan fingerprint density at radius 3 is 2.12 bits per heavy atom. The number of nitrogens with zero attached hydrogens (tertiary/aromatic N) is 1. The number of sulfonamides is 1. The van der Waals surface area contributed by atoms with Gasteiger partial charge in [0.1, 0.15) is 0 Å². The van der Waals surface area contributed by atoms with Crippen LogP contribution in [0.2, 0.25) is 5.02 Å². The molecule has 9 nitrogen and oxygen atoms in total. The number of hydrogen-bond donors (Lipinski definition) is 2. The molecule has 174 valence electrons. The highest BCUT2D eigenvalue weighted by atomic mass is 35.5. The average molecular weight is 484 g/mol. The number of benzene rings is 2. The van der Waals surface area contributed by atoms with Crippen molar-refractivity contribution in [2.45, 2.75) is 24.8 Å². The standard InChI is InChI=1S/C21H26ClN3O6S/c1-12(2)24-32(28,29)13-7-8-16(22)14(9-13)20(26)23-17-11-19(31-6)18(30-5)10-15(17)21(27)25(3)4/h7-12,24H,1-6H3,(H,23,26). The van der Waals surface area contributed by atoms with E-state index in [4.69, 9.17) is 21.1 Å². The van der Waals surface area contributed by atoms with Crippen LogP contribution in [0.5, 0.6) is 11.5 Å². The number of halogens is 1. The summed E-state index contributed by atoms with van der Waals surface area (Å²) in [5.74, 6) is -0.482. The highest BCUT2D eigenvalue weighted by molar-refractivity contribution is 7.89. The number of carbonyl (C=O) groups excluding carboxylic acids is 2. The molecule has 0 unspecified atom stereocenters. The third-order valence-corrected chi connectivity index (χ3v) is 6.28. The highest BCUT2D eigenvalue weighted by Crippen LogP contribution is 2.34. The molecule has 0 heterocycles. The van der Waals surface area contributed by atoms with Crippen LogP contribution >= 0.6 is 11.6 Å². The second-order valence-corrected chi connectivity index (χ2v) is 9.45. The van der Waals surface area contributed by atoms with Gasteiger partial charge in [-0.1, -0.05) is 11.6 Å². The van der Waals surface area contributed by atoms with Crippen LogP contribution in [-0.4, -0.2) is 59.5 Å². The van der Waals surface area contributed by atoms with Crippen molar-refractivity contribution < 1.29 is 27.5 Å². The van der Waals surface area contributed by atoms with Gasteiger partial charge in [0.2, 0.25) is 10.0 Å². The first-order valence-electron chi connectivity index (χ1n) is 9.52. The van der Waals surface area contributed by atoms with Gasteiger partial charge in [-0.3, -0.25) is 9.59 Å². The number of rotatable bonds is 8.